The van der Waals surface area contributed by atoms with Crippen molar-refractivity contribution in [1.29, 1.82) is 0 Å². The second-order valence-electron chi connectivity index (χ2n) is 26.6. The van der Waals surface area contributed by atoms with Gasteiger partial charge >= 0.3 is 126 Å². The first-order valence-corrected chi connectivity index (χ1v) is 51.0. The normalized spacial score (nSPS) is 14.3. The van der Waals surface area contributed by atoms with Gasteiger partial charge in [0, 0.05) is 37.7 Å². The van der Waals surface area contributed by atoms with Crippen LogP contribution >= 0.6 is 62.8 Å². The molecule has 12 rings (SSSR count). The van der Waals surface area contributed by atoms with Crippen LogP contribution < -0.4 is 41.6 Å². The van der Waals surface area contributed by atoms with Gasteiger partial charge in [-0.1, -0.05) is 172 Å². The molecule has 0 unspecified atom stereocenters. The van der Waals surface area contributed by atoms with Crippen LogP contribution in [0.2, 0.25) is 0 Å². The summed E-state index contributed by atoms with van der Waals surface area (Å²) in [6.07, 6.45) is 21.6. The van der Waals surface area contributed by atoms with Gasteiger partial charge in [0.15, 0.2) is 0 Å². The Morgan fingerprint density at radius 3 is 0.881 bits per heavy atom. The fourth-order valence-corrected chi connectivity index (χ4v) is 24.5. The molecular weight excluding hydrogens is 1550 g/mol. The van der Waals surface area contributed by atoms with E-state index in [1.165, 1.54) is 165 Å². The maximum absolute atomic E-state index is 6.43. The van der Waals surface area contributed by atoms with Crippen molar-refractivity contribution in [2.45, 2.75) is 192 Å². The summed E-state index contributed by atoms with van der Waals surface area (Å²) in [6, 6.07) is 74.1. The third-order valence-corrected chi connectivity index (χ3v) is 29.8. The van der Waals surface area contributed by atoms with Crippen LogP contribution in [0.4, 0.5) is 11.4 Å². The quantitative estimate of drug-likeness (QED) is 0.0615. The van der Waals surface area contributed by atoms with Crippen LogP contribution in [0.15, 0.2) is 230 Å². The topological polar surface area (TPSA) is 24.9 Å². The molecule has 2 saturated heterocycles. The average molecular weight is 1680 g/mol. The Bertz CT molecular complexity index is 3160. The Morgan fingerprint density at radius 2 is 0.683 bits per heavy atom. The molecule has 8 aromatic carbocycles. The molecule has 2 aliphatic heterocycles. The molecule has 0 aromatic heterocycles. The first kappa shape index (κ1) is 89.6. The van der Waals surface area contributed by atoms with Crippen LogP contribution in [0.5, 0.6) is 0 Å². The molecule has 0 atom stereocenters. The molecule has 2 aliphatic carbocycles. The molecular formula is C88H121Cl4N2O2P3Ru2+2. The molecule has 2 heterocycles. The van der Waals surface area contributed by atoms with Crippen LogP contribution in [0.1, 0.15) is 167 Å². The van der Waals surface area contributed by atoms with Crippen LogP contribution in [0.3, 0.4) is 0 Å². The van der Waals surface area contributed by atoms with E-state index in [0.717, 1.165) is 37.6 Å². The number of hydrogen-bond donors (Lipinski definition) is 0. The van der Waals surface area contributed by atoms with Gasteiger partial charge in [-0.2, -0.15) is 6.67 Å². The predicted octanol–water partition coefficient (Wildman–Crippen LogP) is 24.0. The number of aryl methyl sites for hydroxylation is 6. The van der Waals surface area contributed by atoms with Crippen LogP contribution in [-0.2, 0) is 36.3 Å². The summed E-state index contributed by atoms with van der Waals surface area (Å²) in [6.45, 7) is 32.1. The van der Waals surface area contributed by atoms with Crippen molar-refractivity contribution in [3.8, 4) is 0 Å². The van der Waals surface area contributed by atoms with E-state index in [0.29, 0.717) is 6.10 Å². The third kappa shape index (κ3) is 33.3. The van der Waals surface area contributed by atoms with E-state index in [9.17, 15) is 0 Å². The molecule has 4 fully saturated rings. The summed E-state index contributed by atoms with van der Waals surface area (Å²) in [5.41, 5.74) is 15.3. The van der Waals surface area contributed by atoms with E-state index in [2.05, 4.69) is 278 Å². The molecule has 2 saturated carbocycles. The largest absolute Gasteiger partial charge is 0.502 e. The SMILES string of the molecule is C.C.C1CCOC1.CC(C)=C[CH]=[Ru]([Cl])[Cl].CC(C)=C[CH]=[Ru]([Cl])[Cl].CC(C)O[PH+](C1CCCCC1)C1CCCCC1.Cc1cc(C)c(N2[CH-]N(c3c(C)cc(C)cc3C)CC2)c(C)c1.c1ccc([PH+](c2ccccc2)c2ccccc2)cc1.c1ccc([PH+](c2ccccc2)c2ccccc2)cc1. The number of allylic oxidation sites excluding steroid dienone is 4. The summed E-state index contributed by atoms with van der Waals surface area (Å²) >= 11 is -3.04. The Hall–Kier alpha value is -3.80. The van der Waals surface area contributed by atoms with Crippen molar-refractivity contribution < 1.29 is 36.3 Å². The minimum absolute atomic E-state index is 0. The van der Waals surface area contributed by atoms with Crippen molar-refractivity contribution >= 4 is 115 Å². The maximum atomic E-state index is 6.43. The molecule has 0 amide bonds. The van der Waals surface area contributed by atoms with Crippen LogP contribution in [-0.4, -0.2) is 52.9 Å². The second kappa shape index (κ2) is 50.6. The Kier molecular flexibility index (Phi) is 44.9. The molecule has 552 valence electrons. The van der Waals surface area contributed by atoms with E-state index < -0.39 is 51.0 Å². The summed E-state index contributed by atoms with van der Waals surface area (Å²) in [7, 11) is 19.8. The smallest absolute Gasteiger partial charge is 0.139 e. The van der Waals surface area contributed by atoms with E-state index in [-0.39, 0.29) is 14.9 Å². The first-order valence-electron chi connectivity index (χ1n) is 35.4. The van der Waals surface area contributed by atoms with E-state index in [1.807, 2.05) is 49.1 Å². The molecule has 13 heteroatoms. The molecule has 0 bridgehead atoms. The molecule has 4 nitrogen and oxygen atoms in total. The predicted molar refractivity (Wildman–Crippen MR) is 460 cm³/mol. The number of anilines is 2. The number of rotatable bonds is 14. The van der Waals surface area contributed by atoms with Crippen LogP contribution in [0.25, 0.3) is 0 Å². The second-order valence-corrected chi connectivity index (χ2v) is 45.9. The first-order chi connectivity index (χ1) is 47.8. The van der Waals surface area contributed by atoms with Crippen molar-refractivity contribution in [2.24, 2.45) is 0 Å². The number of halogens is 4. The molecule has 0 N–H and O–H groups in total. The van der Waals surface area contributed by atoms with Gasteiger partial charge in [0.05, 0.1) is 33.3 Å². The monoisotopic (exact) mass is 1670 g/mol. The summed E-state index contributed by atoms with van der Waals surface area (Å²) in [5.74, 6) is 0. The van der Waals surface area contributed by atoms with Crippen molar-refractivity contribution in [2.75, 3.05) is 36.1 Å². The van der Waals surface area contributed by atoms with Gasteiger partial charge in [-0.25, -0.2) is 4.52 Å². The van der Waals surface area contributed by atoms with Crippen molar-refractivity contribution in [3.05, 3.63) is 270 Å². The van der Waals surface area contributed by atoms with Crippen molar-refractivity contribution in [3.63, 3.8) is 0 Å². The van der Waals surface area contributed by atoms with Gasteiger partial charge in [0.25, 0.3) is 0 Å². The van der Waals surface area contributed by atoms with Gasteiger partial charge in [0.2, 0.25) is 0 Å². The molecule has 4 aliphatic rings. The number of benzene rings is 8. The standard InChI is InChI=1S/C21H27N2.2C18H15P.C15H29OP.2C5H8.C4H8O.2CH4.4ClH.2Ru/c1-14-9-16(3)20(17(4)10-14)22-7-8-23(13-22)21-18(5)11-15(2)12-19(21)6;2*1-4-10-16(11-5-1)19(17-12-6-2-7-13-17)18-14-8-3-9-15-18;1-13(2)16-17(14-9-5-3-6-10-14)15-11-7-4-8-12-15;2*1-4-5(2)3;1-2-4-5-3-1;;;;;;;;/h9-13H,7-8H2,1-6H3;2*1-15H;13-15H,3-12H2,1-2H3;2*1,4H,2-3H3;1-4H2;2*1H4;4*1H;;/q-1;;;;;;;;;;;;;2*+2/p-1. The van der Waals surface area contributed by atoms with E-state index in [1.54, 1.807) is 0 Å². The minimum atomic E-state index is -1.52. The summed E-state index contributed by atoms with van der Waals surface area (Å²) in [4.78, 5) is 4.81. The van der Waals surface area contributed by atoms with Gasteiger partial charge in [-0.3, -0.25) is 0 Å². The van der Waals surface area contributed by atoms with E-state index >= 15 is 0 Å². The van der Waals surface area contributed by atoms with Crippen LogP contribution in [0, 0.1) is 48.2 Å². The van der Waals surface area contributed by atoms with Gasteiger partial charge in [-0.15, -0.1) is 0 Å². The van der Waals surface area contributed by atoms with Gasteiger partial charge < -0.3 is 14.5 Å². The van der Waals surface area contributed by atoms with E-state index in [4.69, 9.17) is 48.0 Å². The Balaban J connectivity index is 0.000000260. The molecule has 8 aromatic rings. The fourth-order valence-electron chi connectivity index (χ4n) is 13.1. The fraction of sp³-hybridized carbons (Fsp3) is 0.375. The summed E-state index contributed by atoms with van der Waals surface area (Å²) < 4.78 is 15.1. The maximum Gasteiger partial charge on any atom is 0.139 e. The van der Waals surface area contributed by atoms with Crippen molar-refractivity contribution in [1.82, 2.24) is 0 Å². The molecule has 101 heavy (non-hydrogen) atoms. The number of ether oxygens (including phenoxy) is 1. The zero-order valence-corrected chi connectivity index (χ0v) is 70.5. The minimum Gasteiger partial charge on any atom is -0.502 e. The summed E-state index contributed by atoms with van der Waals surface area (Å²) in [5, 5.41) is 8.61. The third-order valence-electron chi connectivity index (χ3n) is 17.3. The van der Waals surface area contributed by atoms with Gasteiger partial charge in [-0.05, 0) is 215 Å². The Morgan fingerprint density at radius 1 is 0.426 bits per heavy atom. The zero-order chi connectivity index (χ0) is 71.3. The van der Waals surface area contributed by atoms with Gasteiger partial charge in [0.1, 0.15) is 40.0 Å². The zero-order valence-electron chi connectivity index (χ0n) is 61.0. The molecule has 0 spiro atoms. The molecule has 0 radical (unpaired) electrons. The average Bonchev–Trinajstić information content (AvgIpc) is 1.72. The number of nitrogens with zero attached hydrogens (tertiary/aromatic N) is 2. The number of hydrogen-bond acceptors (Lipinski definition) is 4. The Labute approximate surface area is 643 Å².